The van der Waals surface area contributed by atoms with Crippen LogP contribution in [0.25, 0.3) is 20.8 Å². The highest BCUT2D eigenvalue weighted by Gasteiger charge is 2.05. The van der Waals surface area contributed by atoms with E-state index >= 15 is 0 Å². The third-order valence-electron chi connectivity index (χ3n) is 2.93. The normalized spacial score (nSPS) is 10.9. The summed E-state index contributed by atoms with van der Waals surface area (Å²) in [6, 6.07) is 16.8. The minimum atomic E-state index is 0.695. The first kappa shape index (κ1) is 11.4. The molecule has 3 rings (SSSR count). The van der Waals surface area contributed by atoms with Crippen LogP contribution in [0.1, 0.15) is 5.56 Å². The number of benzene rings is 2. The molecule has 2 N–H and O–H groups in total. The topological polar surface area (TPSA) is 38.9 Å². The Morgan fingerprint density at radius 1 is 1.00 bits per heavy atom. The van der Waals surface area contributed by atoms with E-state index in [1.54, 1.807) is 11.3 Å². The maximum atomic E-state index is 5.55. The number of hydrogen-bond acceptors (Lipinski definition) is 3. The molecule has 0 aliphatic carbocycles. The predicted molar refractivity (Wildman–Crippen MR) is 77.8 cm³/mol. The van der Waals surface area contributed by atoms with Crippen LogP contribution in [-0.2, 0) is 6.42 Å². The first-order valence-electron chi connectivity index (χ1n) is 6.02. The number of fused-ring (bicyclic) bond motifs is 1. The van der Waals surface area contributed by atoms with Crippen LogP contribution in [-0.4, -0.2) is 11.5 Å². The third kappa shape index (κ3) is 2.15. The Kier molecular flexibility index (Phi) is 3.09. The van der Waals surface area contributed by atoms with Crippen molar-refractivity contribution in [2.45, 2.75) is 6.42 Å². The number of aromatic nitrogens is 1. The summed E-state index contributed by atoms with van der Waals surface area (Å²) in [6.45, 7) is 0.695. The minimum absolute atomic E-state index is 0.695. The van der Waals surface area contributed by atoms with Crippen LogP contribution in [0, 0.1) is 0 Å². The largest absolute Gasteiger partial charge is 0.330 e. The van der Waals surface area contributed by atoms with Crippen molar-refractivity contribution in [1.82, 2.24) is 4.98 Å². The molecule has 2 nitrogen and oxygen atoms in total. The number of nitrogens with two attached hydrogens (primary N) is 1. The quantitative estimate of drug-likeness (QED) is 0.777. The average Bonchev–Trinajstić information content (AvgIpc) is 2.84. The van der Waals surface area contributed by atoms with Gasteiger partial charge in [-0.3, -0.25) is 0 Å². The molecule has 2 aromatic carbocycles. The zero-order valence-corrected chi connectivity index (χ0v) is 10.8. The number of thiazole rings is 1. The van der Waals surface area contributed by atoms with Crippen molar-refractivity contribution >= 4 is 21.6 Å². The lowest BCUT2D eigenvalue weighted by atomic mass is 10.1. The number of nitrogens with zero attached hydrogens (tertiary/aromatic N) is 1. The Bertz CT molecular complexity index is 623. The summed E-state index contributed by atoms with van der Waals surface area (Å²) in [5, 5.41) is 1.08. The van der Waals surface area contributed by atoms with E-state index in [1.807, 2.05) is 6.07 Å². The fourth-order valence-electron chi connectivity index (χ4n) is 1.98. The summed E-state index contributed by atoms with van der Waals surface area (Å²) in [4.78, 5) is 4.65. The van der Waals surface area contributed by atoms with Crippen molar-refractivity contribution in [1.29, 1.82) is 0 Å². The molecular weight excluding hydrogens is 240 g/mol. The van der Waals surface area contributed by atoms with E-state index < -0.39 is 0 Å². The standard InChI is InChI=1S/C15H14N2S/c16-10-9-11-5-7-12(8-6-11)15-17-13-3-1-2-4-14(13)18-15/h1-8H,9-10,16H2. The van der Waals surface area contributed by atoms with E-state index in [9.17, 15) is 0 Å². The van der Waals surface area contributed by atoms with Crippen molar-refractivity contribution < 1.29 is 0 Å². The van der Waals surface area contributed by atoms with Gasteiger partial charge in [0.25, 0.3) is 0 Å². The Hall–Kier alpha value is -1.71. The number of hydrogen-bond donors (Lipinski definition) is 1. The lowest BCUT2D eigenvalue weighted by molar-refractivity contribution is 0.969. The summed E-state index contributed by atoms with van der Waals surface area (Å²) < 4.78 is 1.23. The summed E-state index contributed by atoms with van der Waals surface area (Å²) in [6.07, 6.45) is 0.931. The van der Waals surface area contributed by atoms with Gasteiger partial charge in [-0.05, 0) is 30.7 Å². The smallest absolute Gasteiger partial charge is 0.124 e. The lowest BCUT2D eigenvalue weighted by Crippen LogP contribution is -2.02. The Morgan fingerprint density at radius 2 is 1.78 bits per heavy atom. The van der Waals surface area contributed by atoms with E-state index in [4.69, 9.17) is 5.73 Å². The molecule has 0 spiro atoms. The van der Waals surface area contributed by atoms with E-state index in [-0.39, 0.29) is 0 Å². The number of para-hydroxylation sites is 1. The zero-order chi connectivity index (χ0) is 12.4. The SMILES string of the molecule is NCCc1ccc(-c2nc3ccccc3s2)cc1. The third-order valence-corrected chi connectivity index (χ3v) is 4.01. The highest BCUT2D eigenvalue weighted by atomic mass is 32.1. The molecule has 0 aliphatic rings. The highest BCUT2D eigenvalue weighted by molar-refractivity contribution is 7.21. The first-order chi connectivity index (χ1) is 8.86. The molecule has 0 unspecified atom stereocenters. The van der Waals surface area contributed by atoms with Gasteiger partial charge in [0.1, 0.15) is 5.01 Å². The fraction of sp³-hybridized carbons (Fsp3) is 0.133. The molecule has 0 aliphatic heterocycles. The molecule has 0 atom stereocenters. The maximum absolute atomic E-state index is 5.55. The Labute approximate surface area is 110 Å². The number of rotatable bonds is 3. The van der Waals surface area contributed by atoms with Gasteiger partial charge in [-0.1, -0.05) is 36.4 Å². The Morgan fingerprint density at radius 3 is 2.50 bits per heavy atom. The Balaban J connectivity index is 1.98. The van der Waals surface area contributed by atoms with Crippen LogP contribution in [0.4, 0.5) is 0 Å². The predicted octanol–water partition coefficient (Wildman–Crippen LogP) is 3.46. The molecule has 0 saturated carbocycles. The molecule has 0 amide bonds. The molecule has 18 heavy (non-hydrogen) atoms. The molecule has 3 heteroatoms. The monoisotopic (exact) mass is 254 g/mol. The van der Waals surface area contributed by atoms with Gasteiger partial charge in [0.2, 0.25) is 0 Å². The molecule has 1 heterocycles. The zero-order valence-electron chi connectivity index (χ0n) is 9.97. The lowest BCUT2D eigenvalue weighted by Gasteiger charge is -2.00. The molecule has 0 saturated heterocycles. The van der Waals surface area contributed by atoms with E-state index in [2.05, 4.69) is 47.4 Å². The fourth-order valence-corrected chi connectivity index (χ4v) is 2.95. The summed E-state index contributed by atoms with van der Waals surface area (Å²) in [5.41, 5.74) is 9.08. The average molecular weight is 254 g/mol. The van der Waals surface area contributed by atoms with Crippen molar-refractivity contribution in [3.05, 3.63) is 54.1 Å². The van der Waals surface area contributed by atoms with Gasteiger partial charge in [0, 0.05) is 5.56 Å². The van der Waals surface area contributed by atoms with E-state index in [0.29, 0.717) is 6.54 Å². The van der Waals surface area contributed by atoms with E-state index in [1.165, 1.54) is 15.8 Å². The molecule has 1 aromatic heterocycles. The molecular formula is C15H14N2S. The van der Waals surface area contributed by atoms with Crippen molar-refractivity contribution in [3.63, 3.8) is 0 Å². The van der Waals surface area contributed by atoms with Gasteiger partial charge in [-0.2, -0.15) is 0 Å². The van der Waals surface area contributed by atoms with Crippen LogP contribution in [0.2, 0.25) is 0 Å². The van der Waals surface area contributed by atoms with Gasteiger partial charge in [-0.15, -0.1) is 11.3 Å². The van der Waals surface area contributed by atoms with Crippen LogP contribution >= 0.6 is 11.3 Å². The second kappa shape index (κ2) is 4.88. The summed E-state index contributed by atoms with van der Waals surface area (Å²) >= 11 is 1.73. The minimum Gasteiger partial charge on any atom is -0.330 e. The summed E-state index contributed by atoms with van der Waals surface area (Å²) in [7, 11) is 0. The van der Waals surface area contributed by atoms with Gasteiger partial charge in [0.05, 0.1) is 10.2 Å². The van der Waals surface area contributed by atoms with Gasteiger partial charge in [-0.25, -0.2) is 4.98 Å². The maximum Gasteiger partial charge on any atom is 0.124 e. The van der Waals surface area contributed by atoms with Crippen LogP contribution < -0.4 is 5.73 Å². The van der Waals surface area contributed by atoms with Crippen molar-refractivity contribution in [3.8, 4) is 10.6 Å². The summed E-state index contributed by atoms with van der Waals surface area (Å²) in [5.74, 6) is 0. The van der Waals surface area contributed by atoms with Crippen LogP contribution in [0.5, 0.6) is 0 Å². The van der Waals surface area contributed by atoms with Crippen LogP contribution in [0.3, 0.4) is 0 Å². The van der Waals surface area contributed by atoms with Gasteiger partial charge >= 0.3 is 0 Å². The molecule has 3 aromatic rings. The first-order valence-corrected chi connectivity index (χ1v) is 6.83. The molecule has 0 radical (unpaired) electrons. The van der Waals surface area contributed by atoms with Crippen LogP contribution in [0.15, 0.2) is 48.5 Å². The second-order valence-electron chi connectivity index (χ2n) is 4.22. The van der Waals surface area contributed by atoms with Crippen molar-refractivity contribution in [2.24, 2.45) is 5.73 Å². The molecule has 90 valence electrons. The van der Waals surface area contributed by atoms with Gasteiger partial charge in [0.15, 0.2) is 0 Å². The van der Waals surface area contributed by atoms with Gasteiger partial charge < -0.3 is 5.73 Å². The molecule has 0 fully saturated rings. The second-order valence-corrected chi connectivity index (χ2v) is 5.25. The highest BCUT2D eigenvalue weighted by Crippen LogP contribution is 2.29. The van der Waals surface area contributed by atoms with Crippen molar-refractivity contribution in [2.75, 3.05) is 6.54 Å². The molecule has 0 bridgehead atoms. The van der Waals surface area contributed by atoms with E-state index in [0.717, 1.165) is 16.9 Å².